The summed E-state index contributed by atoms with van der Waals surface area (Å²) in [5, 5.41) is 18.6. The predicted molar refractivity (Wildman–Crippen MR) is 111 cm³/mol. The topological polar surface area (TPSA) is 87.6 Å². The molecule has 0 spiro atoms. The molecule has 4 unspecified atom stereocenters. The first-order chi connectivity index (χ1) is 12.9. The van der Waals surface area contributed by atoms with E-state index in [0.29, 0.717) is 23.9 Å². The van der Waals surface area contributed by atoms with Crippen molar-refractivity contribution >= 4 is 22.6 Å². The molecule has 0 aromatic carbocycles. The number of hydrogen-bond acceptors (Lipinski definition) is 4. The van der Waals surface area contributed by atoms with E-state index in [1.54, 1.807) is 13.2 Å². The minimum atomic E-state index is -0.175. The summed E-state index contributed by atoms with van der Waals surface area (Å²) in [4.78, 5) is 7.25. The first-order valence-electron chi connectivity index (χ1n) is 8.83. The van der Waals surface area contributed by atoms with Gasteiger partial charge < -0.3 is 0 Å². The fourth-order valence-corrected chi connectivity index (χ4v) is 8.44. The molecule has 0 heterocycles. The van der Waals surface area contributed by atoms with E-state index in [1.165, 1.54) is 11.1 Å². The Morgan fingerprint density at radius 3 is 2.74 bits per heavy atom. The number of aliphatic hydroxyl groups is 1. The average molecular weight is 599 g/mol. The second-order valence-corrected chi connectivity index (χ2v) is 11.5. The maximum atomic E-state index is 10.2. The standard InChI is InChI=1S/C20H26I2NO4/c1-20(22-2)9-16(11-4-12(24)6-13(5-11)27-23)14-7-18(25)19(26-3)8-15(14)17(20)10-21/h5-7,9,11,17,19,24-25H,4,8,10,23H2,1-3H3/q-1/p+1. The molecule has 0 amide bonds. The van der Waals surface area contributed by atoms with Crippen LogP contribution in [0.15, 0.2) is 58.3 Å². The summed E-state index contributed by atoms with van der Waals surface area (Å²) in [5.74, 6) is 7.08. The SMILES string of the molecule is COC1CC2=C(C=C1[OH2+])C(C1C=C(ON)C=C(O)C1)=CC(C)([I-]C)C2CI. The first kappa shape index (κ1) is 21.2. The van der Waals surface area contributed by atoms with Crippen molar-refractivity contribution in [1.29, 1.82) is 0 Å². The van der Waals surface area contributed by atoms with E-state index in [9.17, 15) is 5.11 Å². The molecular formula is C20H27I2NO4. The van der Waals surface area contributed by atoms with Crippen LogP contribution in [0, 0.1) is 11.8 Å². The zero-order valence-electron chi connectivity index (χ0n) is 15.8. The van der Waals surface area contributed by atoms with E-state index in [2.05, 4.69) is 40.5 Å². The quantitative estimate of drug-likeness (QED) is 0.202. The molecule has 5 nitrogen and oxygen atoms in total. The number of halogens is 2. The van der Waals surface area contributed by atoms with Crippen molar-refractivity contribution in [1.82, 2.24) is 0 Å². The van der Waals surface area contributed by atoms with Crippen molar-refractivity contribution in [3.63, 3.8) is 0 Å². The summed E-state index contributed by atoms with van der Waals surface area (Å²) in [6, 6.07) is 0. The summed E-state index contributed by atoms with van der Waals surface area (Å²) in [6.45, 7) is 2.36. The second-order valence-electron chi connectivity index (χ2n) is 7.25. The van der Waals surface area contributed by atoms with Crippen LogP contribution in [0.5, 0.6) is 0 Å². The molecule has 0 aliphatic heterocycles. The van der Waals surface area contributed by atoms with Gasteiger partial charge in [0.25, 0.3) is 0 Å². The number of rotatable bonds is 5. The van der Waals surface area contributed by atoms with Crippen LogP contribution in [0.2, 0.25) is 0 Å². The van der Waals surface area contributed by atoms with Crippen LogP contribution >= 0.6 is 22.6 Å². The van der Waals surface area contributed by atoms with Crippen LogP contribution in [-0.2, 0) is 9.57 Å². The molecule has 0 aromatic rings. The molecule has 27 heavy (non-hydrogen) atoms. The first-order valence-corrected chi connectivity index (χ1v) is 13.6. The van der Waals surface area contributed by atoms with Crippen LogP contribution in [0.4, 0.5) is 0 Å². The van der Waals surface area contributed by atoms with Crippen LogP contribution < -0.4 is 27.1 Å². The monoisotopic (exact) mass is 599 g/mol. The van der Waals surface area contributed by atoms with Crippen molar-refractivity contribution in [3.8, 4) is 0 Å². The molecule has 0 radical (unpaired) electrons. The second kappa shape index (κ2) is 8.46. The van der Waals surface area contributed by atoms with Gasteiger partial charge in [0.2, 0.25) is 0 Å². The Balaban J connectivity index is 2.13. The van der Waals surface area contributed by atoms with E-state index < -0.39 is 0 Å². The van der Waals surface area contributed by atoms with E-state index in [1.807, 2.05) is 12.2 Å². The zero-order chi connectivity index (χ0) is 19.8. The molecule has 3 rings (SSSR count). The summed E-state index contributed by atoms with van der Waals surface area (Å²) < 4.78 is 6.76. The molecule has 0 aromatic heterocycles. The van der Waals surface area contributed by atoms with Gasteiger partial charge in [-0.3, -0.25) is 0 Å². The van der Waals surface area contributed by atoms with E-state index >= 15 is 0 Å². The summed E-state index contributed by atoms with van der Waals surface area (Å²) in [6.07, 6.45) is 9.05. The Labute approximate surface area is 184 Å². The van der Waals surface area contributed by atoms with E-state index in [4.69, 9.17) is 20.6 Å². The number of nitrogens with two attached hydrogens (primary N) is 1. The van der Waals surface area contributed by atoms with Crippen LogP contribution in [0.25, 0.3) is 0 Å². The third kappa shape index (κ3) is 3.97. The molecule has 5 N–H and O–H groups in total. The predicted octanol–water partition coefficient (Wildman–Crippen LogP) is 0.0149. The Hall–Kier alpha value is -0.520. The van der Waals surface area contributed by atoms with Gasteiger partial charge in [-0.2, -0.15) is 0 Å². The van der Waals surface area contributed by atoms with E-state index in [0.717, 1.165) is 16.4 Å². The molecule has 0 saturated carbocycles. The van der Waals surface area contributed by atoms with Crippen LogP contribution in [-0.4, -0.2) is 36.2 Å². The number of alkyl halides is 3. The fraction of sp³-hybridized carbons (Fsp3) is 0.500. The zero-order valence-corrected chi connectivity index (χ0v) is 20.1. The van der Waals surface area contributed by atoms with Crippen molar-refractivity contribution in [2.24, 2.45) is 17.7 Å². The molecule has 3 aliphatic rings. The Morgan fingerprint density at radius 1 is 1.41 bits per heavy atom. The number of ether oxygens (including phenoxy) is 1. The molecule has 0 bridgehead atoms. The Kier molecular flexibility index (Phi) is 6.64. The van der Waals surface area contributed by atoms with Crippen LogP contribution in [0.1, 0.15) is 19.8 Å². The van der Waals surface area contributed by atoms with Crippen LogP contribution in [0.3, 0.4) is 0 Å². The number of hydrogen-bond donors (Lipinski definition) is 2. The molecular weight excluding hydrogens is 572 g/mol. The van der Waals surface area contributed by atoms with Gasteiger partial charge in [-0.25, -0.2) is 0 Å². The van der Waals surface area contributed by atoms with Crippen molar-refractivity contribution in [2.75, 3.05) is 16.5 Å². The number of allylic oxidation sites excluding steroid dienone is 7. The molecule has 7 heteroatoms. The van der Waals surface area contributed by atoms with Gasteiger partial charge in [0.15, 0.2) is 0 Å². The van der Waals surface area contributed by atoms with Gasteiger partial charge in [0.1, 0.15) is 0 Å². The fourth-order valence-electron chi connectivity index (χ4n) is 4.16. The third-order valence-electron chi connectivity index (χ3n) is 5.73. The van der Waals surface area contributed by atoms with Gasteiger partial charge in [-0.1, -0.05) is 0 Å². The Morgan fingerprint density at radius 2 is 2.15 bits per heavy atom. The van der Waals surface area contributed by atoms with Gasteiger partial charge >= 0.3 is 185 Å². The van der Waals surface area contributed by atoms with Crippen molar-refractivity contribution in [3.05, 3.63) is 58.3 Å². The molecule has 0 saturated heterocycles. The normalized spacial score (nSPS) is 33.7. The van der Waals surface area contributed by atoms with Gasteiger partial charge in [0, 0.05) is 0 Å². The van der Waals surface area contributed by atoms with Gasteiger partial charge in [0.05, 0.1) is 0 Å². The van der Waals surface area contributed by atoms with E-state index in [-0.39, 0.29) is 42.4 Å². The molecule has 0 fully saturated rings. The summed E-state index contributed by atoms with van der Waals surface area (Å²) >= 11 is 2.43. The number of aliphatic hydroxyl groups excluding tert-OH is 1. The molecule has 4 atom stereocenters. The average Bonchev–Trinajstić information content (AvgIpc) is 2.66. The third-order valence-corrected chi connectivity index (χ3v) is 10.0. The molecule has 3 aliphatic carbocycles. The molecule has 150 valence electrons. The summed E-state index contributed by atoms with van der Waals surface area (Å²) in [5.41, 5.74) is 3.73. The van der Waals surface area contributed by atoms with Gasteiger partial charge in [-0.15, -0.1) is 0 Å². The minimum absolute atomic E-state index is 0.00765. The van der Waals surface area contributed by atoms with Gasteiger partial charge in [-0.05, 0) is 0 Å². The van der Waals surface area contributed by atoms with Crippen molar-refractivity contribution in [2.45, 2.75) is 29.3 Å². The van der Waals surface area contributed by atoms with Crippen molar-refractivity contribution < 1.29 is 41.0 Å². The Bertz CT molecular complexity index is 768. The number of methoxy groups -OCH3 is 1. The summed E-state index contributed by atoms with van der Waals surface area (Å²) in [7, 11) is 1.68. The maximum absolute atomic E-state index is 10.2.